The molecule has 1 heterocycles. The van der Waals surface area contributed by atoms with Gasteiger partial charge in [-0.3, -0.25) is 9.59 Å². The first-order valence-corrected chi connectivity index (χ1v) is 11.5. The summed E-state index contributed by atoms with van der Waals surface area (Å²) in [7, 11) is 0. The molecule has 174 valence electrons. The van der Waals surface area contributed by atoms with E-state index in [1.807, 2.05) is 77.9 Å². The minimum atomic E-state index is -0.381. The zero-order valence-corrected chi connectivity index (χ0v) is 20.5. The molecule has 5 nitrogen and oxygen atoms in total. The molecule has 34 heavy (non-hydrogen) atoms. The number of nitrogens with one attached hydrogen (secondary N) is 1. The molecule has 0 radical (unpaired) electrons. The molecule has 0 aromatic heterocycles. The van der Waals surface area contributed by atoms with Gasteiger partial charge in [-0.05, 0) is 106 Å². The third kappa shape index (κ3) is 4.46. The number of nitrogens with zero attached hydrogens (tertiary/aromatic N) is 1. The molecule has 0 saturated heterocycles. The molecule has 0 aliphatic carbocycles. The fraction of sp³-hybridized carbons (Fsp3) is 0.241. The fourth-order valence-corrected chi connectivity index (χ4v) is 3.95. The van der Waals surface area contributed by atoms with Crippen LogP contribution in [-0.4, -0.2) is 17.9 Å². The quantitative estimate of drug-likeness (QED) is 0.457. The molecule has 3 aromatic carbocycles. The maximum absolute atomic E-state index is 13.7. The highest BCUT2D eigenvalue weighted by atomic mass is 16.5. The van der Waals surface area contributed by atoms with Crippen LogP contribution in [0.5, 0.6) is 5.75 Å². The Hall–Kier alpha value is -3.86. The van der Waals surface area contributed by atoms with Crippen molar-refractivity contribution in [2.24, 2.45) is 0 Å². The summed E-state index contributed by atoms with van der Waals surface area (Å²) in [5, 5.41) is 3.25. The van der Waals surface area contributed by atoms with Crippen molar-refractivity contribution in [3.05, 3.63) is 94.2 Å². The number of anilines is 2. The smallest absolute Gasteiger partial charge is 0.282 e. The molecule has 0 unspecified atom stereocenters. The third-order valence-corrected chi connectivity index (χ3v) is 6.12. The summed E-state index contributed by atoms with van der Waals surface area (Å²) in [5.41, 5.74) is 7.09. The second kappa shape index (κ2) is 9.18. The van der Waals surface area contributed by atoms with Crippen molar-refractivity contribution in [2.75, 3.05) is 10.2 Å². The standard InChI is InChI=1S/C29H30N2O3/c1-17(2)34-25-13-11-24(12-14-25)31-28(32)26(22-9-7-18(3)20(5)15-22)27(29(31)33)30-23-10-8-19(4)21(6)16-23/h7-17,30H,1-6H3. The molecule has 0 spiro atoms. The number of carbonyl (C=O) groups excluding carboxylic acids is 2. The Morgan fingerprint density at radius 2 is 1.35 bits per heavy atom. The van der Waals surface area contributed by atoms with Crippen LogP contribution in [-0.2, 0) is 9.59 Å². The normalized spacial score (nSPS) is 13.8. The molecule has 0 fully saturated rings. The van der Waals surface area contributed by atoms with Crippen LogP contribution in [0.3, 0.4) is 0 Å². The van der Waals surface area contributed by atoms with E-state index in [1.165, 1.54) is 4.90 Å². The van der Waals surface area contributed by atoms with Crippen molar-refractivity contribution in [1.82, 2.24) is 0 Å². The summed E-state index contributed by atoms with van der Waals surface area (Å²) in [6, 6.07) is 18.8. The van der Waals surface area contributed by atoms with Gasteiger partial charge in [0.1, 0.15) is 11.4 Å². The molecule has 0 saturated carbocycles. The molecule has 0 bridgehead atoms. The zero-order valence-electron chi connectivity index (χ0n) is 20.5. The Labute approximate surface area is 201 Å². The van der Waals surface area contributed by atoms with Gasteiger partial charge in [0.05, 0.1) is 17.4 Å². The van der Waals surface area contributed by atoms with Crippen molar-refractivity contribution in [1.29, 1.82) is 0 Å². The number of hydrogen-bond donors (Lipinski definition) is 1. The lowest BCUT2D eigenvalue weighted by atomic mass is 9.99. The van der Waals surface area contributed by atoms with Crippen LogP contribution >= 0.6 is 0 Å². The number of ether oxygens (including phenoxy) is 1. The zero-order chi connectivity index (χ0) is 24.6. The average molecular weight is 455 g/mol. The van der Waals surface area contributed by atoms with Gasteiger partial charge in [-0.25, -0.2) is 4.90 Å². The molecule has 0 atom stereocenters. The maximum Gasteiger partial charge on any atom is 0.282 e. The number of rotatable bonds is 6. The average Bonchev–Trinajstić information content (AvgIpc) is 3.02. The van der Waals surface area contributed by atoms with E-state index in [4.69, 9.17) is 4.74 Å². The van der Waals surface area contributed by atoms with Crippen LogP contribution in [0.4, 0.5) is 11.4 Å². The van der Waals surface area contributed by atoms with Gasteiger partial charge in [-0.1, -0.05) is 24.3 Å². The Balaban J connectivity index is 1.78. The van der Waals surface area contributed by atoms with Gasteiger partial charge in [0, 0.05) is 5.69 Å². The predicted molar refractivity (Wildman–Crippen MR) is 137 cm³/mol. The topological polar surface area (TPSA) is 58.6 Å². The van der Waals surface area contributed by atoms with Crippen LogP contribution in [0.1, 0.15) is 41.7 Å². The number of aryl methyl sites for hydroxylation is 4. The molecule has 1 aliphatic heterocycles. The summed E-state index contributed by atoms with van der Waals surface area (Å²) in [4.78, 5) is 28.5. The van der Waals surface area contributed by atoms with Gasteiger partial charge in [-0.2, -0.15) is 0 Å². The first-order chi connectivity index (χ1) is 16.2. The largest absolute Gasteiger partial charge is 0.491 e. The molecule has 1 N–H and O–H groups in total. The second-order valence-corrected chi connectivity index (χ2v) is 9.08. The van der Waals surface area contributed by atoms with Gasteiger partial charge in [-0.15, -0.1) is 0 Å². The molecule has 1 aliphatic rings. The van der Waals surface area contributed by atoms with Crippen LogP contribution in [0.2, 0.25) is 0 Å². The van der Waals surface area contributed by atoms with Crippen LogP contribution in [0.15, 0.2) is 66.4 Å². The van der Waals surface area contributed by atoms with Gasteiger partial charge in [0.15, 0.2) is 0 Å². The predicted octanol–water partition coefficient (Wildman–Crippen LogP) is 6.10. The number of hydrogen-bond acceptors (Lipinski definition) is 4. The highest BCUT2D eigenvalue weighted by Crippen LogP contribution is 2.35. The van der Waals surface area contributed by atoms with E-state index in [-0.39, 0.29) is 23.6 Å². The minimum Gasteiger partial charge on any atom is -0.491 e. The van der Waals surface area contributed by atoms with E-state index in [0.717, 1.165) is 33.5 Å². The number of benzene rings is 3. The van der Waals surface area contributed by atoms with E-state index in [0.29, 0.717) is 17.0 Å². The molecular formula is C29H30N2O3. The Bertz CT molecular complexity index is 1300. The molecule has 4 rings (SSSR count). The number of carbonyl (C=O) groups is 2. The molecule has 3 aromatic rings. The van der Waals surface area contributed by atoms with E-state index in [9.17, 15) is 9.59 Å². The van der Waals surface area contributed by atoms with Crippen molar-refractivity contribution in [3.63, 3.8) is 0 Å². The third-order valence-electron chi connectivity index (χ3n) is 6.12. The fourth-order valence-electron chi connectivity index (χ4n) is 3.95. The summed E-state index contributed by atoms with van der Waals surface area (Å²) < 4.78 is 5.71. The number of imide groups is 1. The first-order valence-electron chi connectivity index (χ1n) is 11.5. The summed E-state index contributed by atoms with van der Waals surface area (Å²) in [5.74, 6) is -0.0419. The van der Waals surface area contributed by atoms with E-state index < -0.39 is 0 Å². The van der Waals surface area contributed by atoms with Crippen molar-refractivity contribution < 1.29 is 14.3 Å². The van der Waals surface area contributed by atoms with Gasteiger partial charge < -0.3 is 10.1 Å². The van der Waals surface area contributed by atoms with Gasteiger partial charge in [0.2, 0.25) is 0 Å². The van der Waals surface area contributed by atoms with Crippen molar-refractivity contribution >= 4 is 28.8 Å². The SMILES string of the molecule is Cc1ccc(NC2=C(c3ccc(C)c(C)c3)C(=O)N(c3ccc(OC(C)C)cc3)C2=O)cc1C. The first kappa shape index (κ1) is 23.3. The highest BCUT2D eigenvalue weighted by Gasteiger charge is 2.40. The van der Waals surface area contributed by atoms with E-state index in [2.05, 4.69) is 5.32 Å². The summed E-state index contributed by atoms with van der Waals surface area (Å²) in [6.07, 6.45) is 0.0349. The van der Waals surface area contributed by atoms with Crippen LogP contribution in [0.25, 0.3) is 5.57 Å². The molecule has 5 heteroatoms. The monoisotopic (exact) mass is 454 g/mol. The Morgan fingerprint density at radius 3 is 1.94 bits per heavy atom. The summed E-state index contributed by atoms with van der Waals surface area (Å²) >= 11 is 0. The maximum atomic E-state index is 13.7. The van der Waals surface area contributed by atoms with Gasteiger partial charge in [0.25, 0.3) is 11.8 Å². The molecule has 2 amide bonds. The Morgan fingerprint density at radius 1 is 0.735 bits per heavy atom. The lowest BCUT2D eigenvalue weighted by Crippen LogP contribution is -2.32. The van der Waals surface area contributed by atoms with Crippen LogP contribution < -0.4 is 15.0 Å². The lowest BCUT2D eigenvalue weighted by molar-refractivity contribution is -0.120. The highest BCUT2D eigenvalue weighted by molar-refractivity contribution is 6.46. The lowest BCUT2D eigenvalue weighted by Gasteiger charge is -2.17. The molecular weight excluding hydrogens is 424 g/mol. The second-order valence-electron chi connectivity index (χ2n) is 9.08. The van der Waals surface area contributed by atoms with Crippen molar-refractivity contribution in [2.45, 2.75) is 47.6 Å². The van der Waals surface area contributed by atoms with Crippen LogP contribution in [0, 0.1) is 27.7 Å². The summed E-state index contributed by atoms with van der Waals surface area (Å²) in [6.45, 7) is 12.0. The minimum absolute atomic E-state index is 0.0349. The Kier molecular flexibility index (Phi) is 6.29. The number of amides is 2. The van der Waals surface area contributed by atoms with Gasteiger partial charge >= 0.3 is 0 Å². The van der Waals surface area contributed by atoms with Crippen molar-refractivity contribution in [3.8, 4) is 5.75 Å². The van der Waals surface area contributed by atoms with E-state index >= 15 is 0 Å². The van der Waals surface area contributed by atoms with E-state index in [1.54, 1.807) is 24.3 Å².